The summed E-state index contributed by atoms with van der Waals surface area (Å²) >= 11 is 5.57. The van der Waals surface area contributed by atoms with Crippen molar-refractivity contribution in [2.24, 2.45) is 0 Å². The van der Waals surface area contributed by atoms with E-state index in [0.29, 0.717) is 0 Å². The molecule has 2 rings (SSSR count). The normalized spacial score (nSPS) is 15.9. The van der Waals surface area contributed by atoms with Crippen molar-refractivity contribution in [3.8, 4) is 6.07 Å². The second kappa shape index (κ2) is 3.88. The number of carbonyl (C=O) groups excluding carboxylic acids is 1. The first-order chi connectivity index (χ1) is 8.04. The van der Waals surface area contributed by atoms with Gasteiger partial charge in [0.15, 0.2) is 10.8 Å². The van der Waals surface area contributed by atoms with Crippen molar-refractivity contribution in [2.75, 3.05) is 0 Å². The second-order valence-electron chi connectivity index (χ2n) is 3.13. The Morgan fingerprint density at radius 1 is 1.47 bits per heavy atom. The van der Waals surface area contributed by atoms with Gasteiger partial charge in [0, 0.05) is 17.7 Å². The maximum atomic E-state index is 11.4. The van der Waals surface area contributed by atoms with Crippen molar-refractivity contribution < 1.29 is 14.5 Å². The third kappa shape index (κ3) is 1.73. The number of halogens is 1. The highest BCUT2D eigenvalue weighted by atomic mass is 35.5. The lowest BCUT2D eigenvalue weighted by molar-refractivity contribution is -0.384. The van der Waals surface area contributed by atoms with Crippen molar-refractivity contribution in [1.82, 2.24) is 0 Å². The van der Waals surface area contributed by atoms with E-state index in [1.54, 1.807) is 6.07 Å². The van der Waals surface area contributed by atoms with E-state index in [1.165, 1.54) is 12.1 Å². The molecule has 0 spiro atoms. The van der Waals surface area contributed by atoms with Gasteiger partial charge < -0.3 is 4.74 Å². The summed E-state index contributed by atoms with van der Waals surface area (Å²) in [6, 6.07) is 5.22. The number of nitro benzene ring substituents is 1. The van der Waals surface area contributed by atoms with Gasteiger partial charge in [-0.25, -0.2) is 4.79 Å². The molecular weight excluding hydrogens is 248 g/mol. The van der Waals surface area contributed by atoms with Gasteiger partial charge in [-0.2, -0.15) is 5.26 Å². The highest BCUT2D eigenvalue weighted by Crippen LogP contribution is 2.35. The lowest BCUT2D eigenvalue weighted by atomic mass is 10.1. The van der Waals surface area contributed by atoms with E-state index in [1.807, 2.05) is 0 Å². The van der Waals surface area contributed by atoms with E-state index in [-0.39, 0.29) is 27.6 Å². The molecule has 0 bridgehead atoms. The van der Waals surface area contributed by atoms with Crippen LogP contribution < -0.4 is 0 Å². The molecule has 0 amide bonds. The molecule has 1 aliphatic heterocycles. The van der Waals surface area contributed by atoms with Crippen LogP contribution in [0.2, 0.25) is 0 Å². The number of allylic oxidation sites excluding steroid dienone is 1. The van der Waals surface area contributed by atoms with Crippen LogP contribution in [-0.2, 0) is 4.74 Å². The number of carbonyl (C=O) groups is 1. The lowest BCUT2D eigenvalue weighted by Crippen LogP contribution is -1.94. The van der Waals surface area contributed by atoms with Crippen LogP contribution >= 0.6 is 11.6 Å². The number of hydrogen-bond donors (Lipinski definition) is 0. The Kier molecular flexibility index (Phi) is 2.54. The fraction of sp³-hybridized carbons (Fsp3) is 0. The minimum Gasteiger partial charge on any atom is -0.420 e. The number of esters is 1. The Labute approximate surface area is 99.8 Å². The van der Waals surface area contributed by atoms with E-state index < -0.39 is 10.9 Å². The van der Waals surface area contributed by atoms with Gasteiger partial charge in [-0.1, -0.05) is 11.6 Å². The molecule has 0 aliphatic carbocycles. The van der Waals surface area contributed by atoms with E-state index in [0.717, 1.165) is 6.07 Å². The van der Waals surface area contributed by atoms with Gasteiger partial charge in [-0.05, 0) is 6.07 Å². The number of nitriles is 1. The molecule has 0 saturated carbocycles. The molecule has 0 atom stereocenters. The van der Waals surface area contributed by atoms with Crippen LogP contribution in [0.15, 0.2) is 23.2 Å². The predicted octanol–water partition coefficient (Wildman–Crippen LogP) is 2.20. The van der Waals surface area contributed by atoms with Crippen molar-refractivity contribution in [1.29, 1.82) is 5.26 Å². The van der Waals surface area contributed by atoms with Crippen LogP contribution in [0, 0.1) is 21.4 Å². The summed E-state index contributed by atoms with van der Waals surface area (Å²) in [5.74, 6) is -0.823. The number of cyclic esters (lactones) is 1. The topological polar surface area (TPSA) is 93.2 Å². The molecule has 0 aromatic heterocycles. The summed E-state index contributed by atoms with van der Waals surface area (Å²) in [5.41, 5.74) is 0.108. The number of benzene rings is 1. The molecule has 0 radical (unpaired) electrons. The highest BCUT2D eigenvalue weighted by molar-refractivity contribution is 6.35. The molecule has 1 aromatic rings. The Morgan fingerprint density at radius 2 is 2.18 bits per heavy atom. The average Bonchev–Trinajstić information content (AvgIpc) is 2.65. The highest BCUT2D eigenvalue weighted by Gasteiger charge is 2.30. The summed E-state index contributed by atoms with van der Waals surface area (Å²) in [7, 11) is 0. The van der Waals surface area contributed by atoms with Gasteiger partial charge in [0.1, 0.15) is 6.07 Å². The van der Waals surface area contributed by atoms with E-state index >= 15 is 0 Å². The average molecular weight is 251 g/mol. The van der Waals surface area contributed by atoms with E-state index in [4.69, 9.17) is 21.6 Å². The van der Waals surface area contributed by atoms with E-state index in [9.17, 15) is 14.9 Å². The zero-order valence-corrected chi connectivity index (χ0v) is 8.89. The van der Waals surface area contributed by atoms with Gasteiger partial charge in [-0.3, -0.25) is 10.1 Å². The Balaban J connectivity index is 2.68. The fourth-order valence-corrected chi connectivity index (χ4v) is 1.57. The van der Waals surface area contributed by atoms with Crippen LogP contribution in [0.3, 0.4) is 0 Å². The molecule has 0 N–H and O–H groups in total. The molecule has 1 aromatic carbocycles. The molecule has 6 nitrogen and oxygen atoms in total. The number of rotatable bonds is 1. The summed E-state index contributed by atoms with van der Waals surface area (Å²) < 4.78 is 4.78. The number of hydrogen-bond acceptors (Lipinski definition) is 5. The SMILES string of the molecule is N#CC(Cl)=C1OC(=O)c2ccc([N+](=O)[O-])cc21. The van der Waals surface area contributed by atoms with Gasteiger partial charge in [-0.15, -0.1) is 0 Å². The molecule has 0 fully saturated rings. The van der Waals surface area contributed by atoms with Gasteiger partial charge in [0.2, 0.25) is 0 Å². The monoisotopic (exact) mass is 250 g/mol. The first-order valence-electron chi connectivity index (χ1n) is 4.35. The molecular formula is C10H3ClN2O4. The van der Waals surface area contributed by atoms with Crippen molar-refractivity contribution in [3.63, 3.8) is 0 Å². The zero-order valence-electron chi connectivity index (χ0n) is 8.14. The number of ether oxygens (including phenoxy) is 1. The predicted molar refractivity (Wildman–Crippen MR) is 56.9 cm³/mol. The van der Waals surface area contributed by atoms with Gasteiger partial charge in [0.25, 0.3) is 5.69 Å². The van der Waals surface area contributed by atoms with Gasteiger partial charge in [0.05, 0.1) is 10.5 Å². The maximum Gasteiger partial charge on any atom is 0.344 e. The largest absolute Gasteiger partial charge is 0.420 e. The summed E-state index contributed by atoms with van der Waals surface area (Å²) in [4.78, 5) is 21.4. The third-order valence-electron chi connectivity index (χ3n) is 2.17. The van der Waals surface area contributed by atoms with Crippen LogP contribution in [0.4, 0.5) is 5.69 Å². The van der Waals surface area contributed by atoms with Gasteiger partial charge >= 0.3 is 5.97 Å². The standard InChI is InChI=1S/C10H3ClN2O4/c11-8(4-12)9-7-3-5(13(15)16)1-2-6(7)10(14)17-9/h1-3H. The first kappa shape index (κ1) is 11.1. The summed E-state index contributed by atoms with van der Waals surface area (Å²) in [6.07, 6.45) is 0. The fourth-order valence-electron chi connectivity index (χ4n) is 1.43. The minimum absolute atomic E-state index is 0.141. The van der Waals surface area contributed by atoms with Crippen LogP contribution in [0.25, 0.3) is 5.76 Å². The maximum absolute atomic E-state index is 11.4. The minimum atomic E-state index is -0.682. The number of fused-ring (bicyclic) bond motifs is 1. The molecule has 0 saturated heterocycles. The Bertz CT molecular complexity index is 615. The molecule has 17 heavy (non-hydrogen) atoms. The smallest absolute Gasteiger partial charge is 0.344 e. The first-order valence-corrected chi connectivity index (χ1v) is 4.73. The molecule has 1 heterocycles. The van der Waals surface area contributed by atoms with Crippen molar-refractivity contribution in [3.05, 3.63) is 44.5 Å². The van der Waals surface area contributed by atoms with Crippen molar-refractivity contribution in [2.45, 2.75) is 0 Å². The number of nitrogens with zero attached hydrogens (tertiary/aromatic N) is 2. The van der Waals surface area contributed by atoms with Crippen LogP contribution in [0.5, 0.6) is 0 Å². The van der Waals surface area contributed by atoms with Crippen molar-refractivity contribution >= 4 is 29.0 Å². The summed E-state index contributed by atoms with van der Waals surface area (Å²) in [5, 5.41) is 18.9. The summed E-state index contributed by atoms with van der Waals surface area (Å²) in [6.45, 7) is 0. The number of nitro groups is 1. The zero-order chi connectivity index (χ0) is 12.6. The van der Waals surface area contributed by atoms with Crippen LogP contribution in [-0.4, -0.2) is 10.9 Å². The second-order valence-corrected chi connectivity index (χ2v) is 3.51. The third-order valence-corrected chi connectivity index (χ3v) is 2.43. The molecule has 0 unspecified atom stereocenters. The number of non-ortho nitro benzene ring substituents is 1. The van der Waals surface area contributed by atoms with E-state index in [2.05, 4.69) is 0 Å². The lowest BCUT2D eigenvalue weighted by Gasteiger charge is -1.97. The Hall–Kier alpha value is -2.39. The molecule has 7 heteroatoms. The van der Waals surface area contributed by atoms with Crippen LogP contribution in [0.1, 0.15) is 15.9 Å². The Morgan fingerprint density at radius 3 is 2.76 bits per heavy atom. The molecule has 84 valence electrons. The molecule has 1 aliphatic rings. The quantitative estimate of drug-likeness (QED) is 0.330.